The minimum Gasteiger partial charge on any atom is -0.461 e. The Balaban J connectivity index is 4.54. The van der Waals surface area contributed by atoms with Crippen LogP contribution < -0.4 is 0 Å². The van der Waals surface area contributed by atoms with Gasteiger partial charge in [-0.15, -0.1) is 0 Å². The Morgan fingerprint density at radius 1 is 1.29 bits per heavy atom. The number of Topliss-reactive ketones (excluding diaryl/α,β-unsaturated/α-hetero) is 1. The topological polar surface area (TPSA) is 65.0 Å². The molecule has 0 radical (unpaired) electrons. The van der Waals surface area contributed by atoms with Crippen molar-refractivity contribution < 1.29 is 19.2 Å². The van der Waals surface area contributed by atoms with Crippen LogP contribution in [0.15, 0.2) is 5.16 Å². The summed E-state index contributed by atoms with van der Waals surface area (Å²) >= 11 is 2.93. The largest absolute Gasteiger partial charge is 0.461 e. The third kappa shape index (κ3) is 4.36. The maximum Gasteiger partial charge on any atom is 0.364 e. The highest BCUT2D eigenvalue weighted by Crippen LogP contribution is 1.93. The van der Waals surface area contributed by atoms with E-state index in [4.69, 9.17) is 0 Å². The van der Waals surface area contributed by atoms with Crippen LogP contribution in [0.3, 0.4) is 0 Å². The highest BCUT2D eigenvalue weighted by molar-refractivity contribution is 9.09. The van der Waals surface area contributed by atoms with Gasteiger partial charge in [0, 0.05) is 0 Å². The van der Waals surface area contributed by atoms with Crippen LogP contribution in [0.25, 0.3) is 0 Å². The molecule has 0 aliphatic heterocycles. The number of nitrogens with zero attached hydrogens (tertiary/aromatic N) is 1. The second kappa shape index (κ2) is 7.49. The van der Waals surface area contributed by atoms with E-state index in [9.17, 15) is 9.59 Å². The van der Waals surface area contributed by atoms with E-state index < -0.39 is 11.8 Å². The second-order valence-electron chi connectivity index (χ2n) is 2.13. The van der Waals surface area contributed by atoms with E-state index >= 15 is 0 Å². The van der Waals surface area contributed by atoms with E-state index in [1.807, 2.05) is 0 Å². The van der Waals surface area contributed by atoms with E-state index in [1.54, 1.807) is 13.8 Å². The van der Waals surface area contributed by atoms with E-state index in [1.165, 1.54) is 0 Å². The molecule has 0 bridgehead atoms. The molecule has 80 valence electrons. The predicted molar refractivity (Wildman–Crippen MR) is 54.5 cm³/mol. The van der Waals surface area contributed by atoms with Gasteiger partial charge >= 0.3 is 5.97 Å². The number of carbonyl (C=O) groups excluding carboxylic acids is 2. The summed E-state index contributed by atoms with van der Waals surface area (Å²) in [6.07, 6.45) is 0. The van der Waals surface area contributed by atoms with E-state index in [2.05, 4.69) is 30.7 Å². The molecule has 0 atom stereocenters. The monoisotopic (exact) mass is 265 g/mol. The summed E-state index contributed by atoms with van der Waals surface area (Å²) in [5.74, 6) is -1.22. The zero-order chi connectivity index (χ0) is 11.0. The second-order valence-corrected chi connectivity index (χ2v) is 2.70. The number of alkyl halides is 1. The van der Waals surface area contributed by atoms with Crippen molar-refractivity contribution >= 4 is 33.4 Å². The lowest BCUT2D eigenvalue weighted by Gasteiger charge is -2.02. The minimum atomic E-state index is -0.759. The first-order valence-electron chi connectivity index (χ1n) is 4.13. The molecule has 0 unspecified atom stereocenters. The molecule has 0 aromatic carbocycles. The first kappa shape index (κ1) is 13.1. The average Bonchev–Trinajstić information content (AvgIpc) is 2.18. The fraction of sp³-hybridized carbons (Fsp3) is 0.625. The summed E-state index contributed by atoms with van der Waals surface area (Å²) in [7, 11) is 0. The lowest BCUT2D eigenvalue weighted by molar-refractivity contribution is -0.135. The maximum absolute atomic E-state index is 11.2. The number of carbonyl (C=O) groups is 2. The highest BCUT2D eigenvalue weighted by Gasteiger charge is 2.21. The Labute approximate surface area is 90.6 Å². The zero-order valence-electron chi connectivity index (χ0n) is 8.08. The fourth-order valence-corrected chi connectivity index (χ4v) is 0.859. The number of rotatable bonds is 6. The van der Waals surface area contributed by atoms with Crippen LogP contribution in [0.2, 0.25) is 0 Å². The molecule has 0 aromatic heterocycles. The molecule has 0 amide bonds. The number of ketones is 1. The number of halogens is 1. The molecule has 0 spiro atoms. The van der Waals surface area contributed by atoms with Crippen LogP contribution in [-0.2, 0) is 19.2 Å². The van der Waals surface area contributed by atoms with Gasteiger partial charge in [0.1, 0.15) is 6.61 Å². The summed E-state index contributed by atoms with van der Waals surface area (Å²) in [4.78, 5) is 27.0. The molecule has 6 heteroatoms. The van der Waals surface area contributed by atoms with Gasteiger partial charge in [-0.1, -0.05) is 21.1 Å². The van der Waals surface area contributed by atoms with Gasteiger partial charge in [-0.2, -0.15) is 0 Å². The first-order chi connectivity index (χ1) is 6.67. The van der Waals surface area contributed by atoms with Gasteiger partial charge < -0.3 is 9.57 Å². The molecule has 0 aromatic rings. The Kier molecular flexibility index (Phi) is 7.00. The number of hydrogen-bond donors (Lipinski definition) is 0. The van der Waals surface area contributed by atoms with Crippen LogP contribution in [-0.4, -0.2) is 36.0 Å². The molecule has 0 N–H and O–H groups in total. The Morgan fingerprint density at radius 3 is 2.36 bits per heavy atom. The Bertz CT molecular complexity index is 239. The summed E-state index contributed by atoms with van der Waals surface area (Å²) in [6.45, 7) is 3.83. The van der Waals surface area contributed by atoms with Crippen LogP contribution in [0.5, 0.6) is 0 Å². The molecule has 0 heterocycles. The SMILES string of the molecule is CCO/N=C(\C(=O)CBr)C(=O)OCC. The number of esters is 1. The van der Waals surface area contributed by atoms with Crippen molar-refractivity contribution in [1.29, 1.82) is 0 Å². The van der Waals surface area contributed by atoms with Crippen molar-refractivity contribution in [2.75, 3.05) is 18.5 Å². The van der Waals surface area contributed by atoms with E-state index in [-0.39, 0.29) is 17.6 Å². The van der Waals surface area contributed by atoms with Crippen molar-refractivity contribution in [1.82, 2.24) is 0 Å². The van der Waals surface area contributed by atoms with Gasteiger partial charge in [-0.05, 0) is 13.8 Å². The average molecular weight is 266 g/mol. The predicted octanol–water partition coefficient (Wildman–Crippen LogP) is 0.906. The minimum absolute atomic E-state index is 0.0116. The van der Waals surface area contributed by atoms with Crippen molar-refractivity contribution in [3.63, 3.8) is 0 Å². The summed E-state index contributed by atoms with van der Waals surface area (Å²) < 4.78 is 4.63. The van der Waals surface area contributed by atoms with Crippen molar-refractivity contribution in [2.45, 2.75) is 13.8 Å². The van der Waals surface area contributed by atoms with Crippen LogP contribution in [0.1, 0.15) is 13.8 Å². The highest BCUT2D eigenvalue weighted by atomic mass is 79.9. The third-order valence-electron chi connectivity index (χ3n) is 1.14. The number of oxime groups is 1. The zero-order valence-corrected chi connectivity index (χ0v) is 9.67. The number of hydrogen-bond acceptors (Lipinski definition) is 5. The molecule has 0 aliphatic rings. The standard InChI is InChI=1S/C8H12BrNO4/c1-3-13-8(12)7(6(11)5-9)10-14-4-2/h3-5H2,1-2H3/b10-7+. The molecular formula is C8H12BrNO4. The van der Waals surface area contributed by atoms with E-state index in [0.29, 0.717) is 6.61 Å². The summed E-state index contributed by atoms with van der Waals surface area (Å²) in [5, 5.41) is 3.41. The van der Waals surface area contributed by atoms with Gasteiger partial charge in [0.05, 0.1) is 11.9 Å². The van der Waals surface area contributed by atoms with Gasteiger partial charge in [0.2, 0.25) is 11.5 Å². The number of ether oxygens (including phenoxy) is 1. The van der Waals surface area contributed by atoms with Gasteiger partial charge in [-0.25, -0.2) is 4.79 Å². The lowest BCUT2D eigenvalue weighted by atomic mass is 10.3. The Hall–Kier alpha value is -0.910. The Morgan fingerprint density at radius 2 is 1.93 bits per heavy atom. The van der Waals surface area contributed by atoms with Crippen LogP contribution in [0, 0.1) is 0 Å². The van der Waals surface area contributed by atoms with Gasteiger partial charge in [-0.3, -0.25) is 4.79 Å². The molecule has 0 saturated heterocycles. The fourth-order valence-electron chi connectivity index (χ4n) is 0.594. The molecule has 5 nitrogen and oxygen atoms in total. The van der Waals surface area contributed by atoms with Crippen molar-refractivity contribution in [3.8, 4) is 0 Å². The normalized spacial score (nSPS) is 10.9. The molecule has 0 aliphatic carbocycles. The third-order valence-corrected chi connectivity index (χ3v) is 1.65. The van der Waals surface area contributed by atoms with Gasteiger partial charge in [0.15, 0.2) is 0 Å². The summed E-state index contributed by atoms with van der Waals surface area (Å²) in [5.41, 5.74) is -0.314. The first-order valence-corrected chi connectivity index (χ1v) is 5.25. The summed E-state index contributed by atoms with van der Waals surface area (Å²) in [6, 6.07) is 0. The molecule has 0 saturated carbocycles. The smallest absolute Gasteiger partial charge is 0.364 e. The van der Waals surface area contributed by atoms with Crippen LogP contribution >= 0.6 is 15.9 Å². The molecule has 14 heavy (non-hydrogen) atoms. The van der Waals surface area contributed by atoms with Crippen LogP contribution in [0.4, 0.5) is 0 Å². The molecule has 0 rings (SSSR count). The lowest BCUT2D eigenvalue weighted by Crippen LogP contribution is -2.27. The van der Waals surface area contributed by atoms with E-state index in [0.717, 1.165) is 0 Å². The van der Waals surface area contributed by atoms with Crippen molar-refractivity contribution in [2.24, 2.45) is 5.16 Å². The van der Waals surface area contributed by atoms with Crippen molar-refractivity contribution in [3.05, 3.63) is 0 Å². The quantitative estimate of drug-likeness (QED) is 0.235. The molecular weight excluding hydrogens is 254 g/mol. The van der Waals surface area contributed by atoms with Gasteiger partial charge in [0.25, 0.3) is 0 Å². The maximum atomic E-state index is 11.2. The molecule has 0 fully saturated rings.